The summed E-state index contributed by atoms with van der Waals surface area (Å²) < 4.78 is 5.50. The van der Waals surface area contributed by atoms with Crippen LogP contribution in [0.25, 0.3) is 0 Å². The fourth-order valence-electron chi connectivity index (χ4n) is 1.37. The average Bonchev–Trinajstić information content (AvgIpc) is 2.22. The molecule has 0 amide bonds. The van der Waals surface area contributed by atoms with Crippen molar-refractivity contribution in [1.82, 2.24) is 5.32 Å². The molecule has 15 heavy (non-hydrogen) atoms. The Bertz CT molecular complexity index is 368. The van der Waals surface area contributed by atoms with Crippen LogP contribution in [-0.2, 0) is 6.54 Å². The Balaban J connectivity index is 2.91. The Kier molecular flexibility index (Phi) is 4.14. The summed E-state index contributed by atoms with van der Waals surface area (Å²) in [6.07, 6.45) is -0.414. The molecule has 0 saturated carbocycles. The lowest BCUT2D eigenvalue weighted by Gasteiger charge is -2.13. The number of hydrogen-bond acceptors (Lipinski definition) is 3. The fourth-order valence-corrected chi connectivity index (χ4v) is 1.37. The minimum absolute atomic E-state index is 0.414. The van der Waals surface area contributed by atoms with Crippen LogP contribution in [0.3, 0.4) is 0 Å². The number of ether oxygens (including phenoxy) is 1. The molecule has 3 heteroatoms. The standard InChI is InChI=1S/C12H16N2O/c1-9-4-5-12(15-10(2)7-13)11(6-9)8-14-3/h4-6,10,14H,8H2,1-3H3. The molecule has 0 radical (unpaired) electrons. The zero-order valence-corrected chi connectivity index (χ0v) is 9.37. The van der Waals surface area contributed by atoms with Gasteiger partial charge in [0.15, 0.2) is 6.10 Å². The molecule has 1 aromatic carbocycles. The Labute approximate surface area is 90.7 Å². The fraction of sp³-hybridized carbons (Fsp3) is 0.417. The van der Waals surface area contributed by atoms with Gasteiger partial charge in [-0.15, -0.1) is 0 Å². The molecule has 1 N–H and O–H groups in total. The molecular weight excluding hydrogens is 188 g/mol. The summed E-state index contributed by atoms with van der Waals surface area (Å²) in [6.45, 7) is 4.52. The maximum absolute atomic E-state index is 8.68. The third-order valence-corrected chi connectivity index (χ3v) is 2.07. The summed E-state index contributed by atoms with van der Waals surface area (Å²) in [4.78, 5) is 0. The van der Waals surface area contributed by atoms with E-state index in [9.17, 15) is 0 Å². The summed E-state index contributed by atoms with van der Waals surface area (Å²) >= 11 is 0. The number of hydrogen-bond donors (Lipinski definition) is 1. The lowest BCUT2D eigenvalue weighted by molar-refractivity contribution is 0.273. The zero-order valence-electron chi connectivity index (χ0n) is 9.37. The van der Waals surface area contributed by atoms with Gasteiger partial charge in [-0.3, -0.25) is 0 Å². The molecular formula is C12H16N2O. The third-order valence-electron chi connectivity index (χ3n) is 2.07. The molecule has 1 rings (SSSR count). The molecule has 0 aromatic heterocycles. The van der Waals surface area contributed by atoms with Gasteiger partial charge in [-0.1, -0.05) is 17.7 Å². The number of nitrogens with one attached hydrogen (secondary N) is 1. The minimum Gasteiger partial charge on any atom is -0.476 e. The van der Waals surface area contributed by atoms with Gasteiger partial charge in [0.05, 0.1) is 0 Å². The van der Waals surface area contributed by atoms with E-state index in [1.54, 1.807) is 6.92 Å². The second kappa shape index (κ2) is 5.38. The van der Waals surface area contributed by atoms with Crippen molar-refractivity contribution in [3.63, 3.8) is 0 Å². The number of aryl methyl sites for hydroxylation is 1. The summed E-state index contributed by atoms with van der Waals surface area (Å²) in [5.74, 6) is 0.781. The van der Waals surface area contributed by atoms with Gasteiger partial charge < -0.3 is 10.1 Å². The van der Waals surface area contributed by atoms with Gasteiger partial charge in [0.2, 0.25) is 0 Å². The molecule has 3 nitrogen and oxygen atoms in total. The van der Waals surface area contributed by atoms with Crippen LogP contribution in [0.15, 0.2) is 18.2 Å². The number of rotatable bonds is 4. The van der Waals surface area contributed by atoms with Gasteiger partial charge >= 0.3 is 0 Å². The summed E-state index contributed by atoms with van der Waals surface area (Å²) in [5.41, 5.74) is 2.27. The maximum Gasteiger partial charge on any atom is 0.181 e. The van der Waals surface area contributed by atoms with E-state index in [2.05, 4.69) is 17.5 Å². The van der Waals surface area contributed by atoms with Gasteiger partial charge in [-0.05, 0) is 27.0 Å². The highest BCUT2D eigenvalue weighted by atomic mass is 16.5. The monoisotopic (exact) mass is 204 g/mol. The first kappa shape index (κ1) is 11.5. The van der Waals surface area contributed by atoms with Crippen LogP contribution in [0.4, 0.5) is 0 Å². The van der Waals surface area contributed by atoms with Gasteiger partial charge in [0.25, 0.3) is 0 Å². The van der Waals surface area contributed by atoms with Crippen molar-refractivity contribution in [3.05, 3.63) is 29.3 Å². The van der Waals surface area contributed by atoms with Crippen LogP contribution < -0.4 is 10.1 Å². The van der Waals surface area contributed by atoms with Gasteiger partial charge in [0, 0.05) is 12.1 Å². The second-order valence-electron chi connectivity index (χ2n) is 3.53. The van der Waals surface area contributed by atoms with Gasteiger partial charge in [-0.2, -0.15) is 5.26 Å². The predicted molar refractivity (Wildman–Crippen MR) is 59.6 cm³/mol. The molecule has 0 bridgehead atoms. The van der Waals surface area contributed by atoms with Gasteiger partial charge in [0.1, 0.15) is 11.8 Å². The molecule has 1 unspecified atom stereocenters. The van der Waals surface area contributed by atoms with Crippen molar-refractivity contribution in [2.75, 3.05) is 7.05 Å². The normalized spacial score (nSPS) is 11.9. The lowest BCUT2D eigenvalue weighted by Crippen LogP contribution is -2.12. The van der Waals surface area contributed by atoms with E-state index >= 15 is 0 Å². The molecule has 0 heterocycles. The van der Waals surface area contributed by atoms with Crippen LogP contribution in [-0.4, -0.2) is 13.2 Å². The van der Waals surface area contributed by atoms with Crippen LogP contribution in [0, 0.1) is 18.3 Å². The van der Waals surface area contributed by atoms with Crippen molar-refractivity contribution >= 4 is 0 Å². The number of benzene rings is 1. The smallest absolute Gasteiger partial charge is 0.181 e. The highest BCUT2D eigenvalue weighted by molar-refractivity contribution is 5.37. The summed E-state index contributed by atoms with van der Waals surface area (Å²) in [7, 11) is 1.89. The van der Waals surface area contributed by atoms with E-state index in [4.69, 9.17) is 10.00 Å². The Morgan fingerprint density at radius 1 is 1.53 bits per heavy atom. The number of nitrogens with zero attached hydrogens (tertiary/aromatic N) is 1. The molecule has 1 atom stereocenters. The zero-order chi connectivity index (χ0) is 11.3. The predicted octanol–water partition coefficient (Wildman–Crippen LogP) is 2.01. The van der Waals surface area contributed by atoms with Crippen molar-refractivity contribution in [2.24, 2.45) is 0 Å². The van der Waals surface area contributed by atoms with E-state index in [-0.39, 0.29) is 0 Å². The third kappa shape index (κ3) is 3.26. The quantitative estimate of drug-likeness (QED) is 0.816. The van der Waals surface area contributed by atoms with E-state index in [1.165, 1.54) is 5.56 Å². The van der Waals surface area contributed by atoms with Crippen LogP contribution in [0.5, 0.6) is 5.75 Å². The largest absolute Gasteiger partial charge is 0.476 e. The average molecular weight is 204 g/mol. The topological polar surface area (TPSA) is 45.0 Å². The van der Waals surface area contributed by atoms with Crippen molar-refractivity contribution in [2.45, 2.75) is 26.5 Å². The molecule has 80 valence electrons. The number of nitriles is 1. The van der Waals surface area contributed by atoms with E-state index in [0.29, 0.717) is 0 Å². The molecule has 0 aliphatic carbocycles. The van der Waals surface area contributed by atoms with E-state index < -0.39 is 6.10 Å². The first-order valence-electron chi connectivity index (χ1n) is 4.97. The SMILES string of the molecule is CNCc1cc(C)ccc1OC(C)C#N. The molecule has 0 spiro atoms. The Hall–Kier alpha value is -1.53. The lowest BCUT2D eigenvalue weighted by atomic mass is 10.1. The highest BCUT2D eigenvalue weighted by Gasteiger charge is 2.06. The van der Waals surface area contributed by atoms with Gasteiger partial charge in [-0.25, -0.2) is 0 Å². The van der Waals surface area contributed by atoms with Crippen molar-refractivity contribution < 1.29 is 4.74 Å². The maximum atomic E-state index is 8.68. The van der Waals surface area contributed by atoms with Crippen LogP contribution in [0.2, 0.25) is 0 Å². The minimum atomic E-state index is -0.414. The highest BCUT2D eigenvalue weighted by Crippen LogP contribution is 2.20. The molecule has 0 aliphatic rings. The first-order valence-corrected chi connectivity index (χ1v) is 4.97. The van der Waals surface area contributed by atoms with Crippen LogP contribution in [0.1, 0.15) is 18.1 Å². The summed E-state index contributed by atoms with van der Waals surface area (Å²) in [5, 5.41) is 11.8. The molecule has 1 aromatic rings. The summed E-state index contributed by atoms with van der Waals surface area (Å²) in [6, 6.07) is 8.02. The van der Waals surface area contributed by atoms with Crippen molar-refractivity contribution in [3.8, 4) is 11.8 Å². The van der Waals surface area contributed by atoms with Crippen molar-refractivity contribution in [1.29, 1.82) is 5.26 Å². The molecule has 0 aliphatic heterocycles. The second-order valence-corrected chi connectivity index (χ2v) is 3.53. The molecule has 0 fully saturated rings. The Morgan fingerprint density at radius 3 is 2.87 bits per heavy atom. The van der Waals surface area contributed by atoms with Crippen LogP contribution >= 0.6 is 0 Å². The Morgan fingerprint density at radius 2 is 2.27 bits per heavy atom. The first-order chi connectivity index (χ1) is 7.17. The molecule has 0 saturated heterocycles. The van der Waals surface area contributed by atoms with E-state index in [1.807, 2.05) is 26.1 Å². The van der Waals surface area contributed by atoms with E-state index in [0.717, 1.165) is 17.9 Å².